The highest BCUT2D eigenvalue weighted by Crippen LogP contribution is 2.29. The van der Waals surface area contributed by atoms with Crippen molar-refractivity contribution in [1.29, 1.82) is 0 Å². The molecule has 0 saturated carbocycles. The van der Waals surface area contributed by atoms with Crippen LogP contribution in [0.3, 0.4) is 0 Å². The zero-order valence-corrected chi connectivity index (χ0v) is 16.4. The van der Waals surface area contributed by atoms with Crippen LogP contribution < -0.4 is 10.6 Å². The maximum absolute atomic E-state index is 13.3. The quantitative estimate of drug-likeness (QED) is 0.793. The number of amides is 2. The summed E-state index contributed by atoms with van der Waals surface area (Å²) in [6.07, 6.45) is 1.86. The van der Waals surface area contributed by atoms with E-state index in [-0.39, 0.29) is 23.4 Å². The number of hydrogen-bond donors (Lipinski definition) is 2. The Morgan fingerprint density at radius 1 is 1.37 bits per heavy atom. The Hall–Kier alpha value is -2.25. The van der Waals surface area contributed by atoms with Crippen molar-refractivity contribution in [2.45, 2.75) is 32.7 Å². The predicted molar refractivity (Wildman–Crippen MR) is 106 cm³/mol. The first-order valence-electron chi connectivity index (χ1n) is 9.18. The molecule has 2 amide bonds. The van der Waals surface area contributed by atoms with Gasteiger partial charge in [-0.3, -0.25) is 9.59 Å². The SMILES string of the molecule is CCCN(C(=O)c1sc(NC(=O)c2cccc(F)c2)cc1C)C1CCNC1. The molecule has 1 aliphatic rings. The molecule has 0 spiro atoms. The summed E-state index contributed by atoms with van der Waals surface area (Å²) in [6, 6.07) is 7.55. The van der Waals surface area contributed by atoms with E-state index in [4.69, 9.17) is 0 Å². The summed E-state index contributed by atoms with van der Waals surface area (Å²) in [5.74, 6) is -0.833. The van der Waals surface area contributed by atoms with Gasteiger partial charge in [0.05, 0.1) is 9.88 Å². The topological polar surface area (TPSA) is 61.4 Å². The van der Waals surface area contributed by atoms with Gasteiger partial charge in [-0.05, 0) is 56.1 Å². The van der Waals surface area contributed by atoms with E-state index in [2.05, 4.69) is 17.6 Å². The fourth-order valence-corrected chi connectivity index (χ4v) is 4.32. The standard InChI is InChI=1S/C20H24FN3O2S/c1-3-9-24(16-7-8-22-12-16)20(26)18-13(2)10-17(27-18)23-19(25)14-5-4-6-15(21)11-14/h4-6,10-11,16,22H,3,7-9,12H2,1-2H3,(H,23,25). The number of halogens is 1. The average Bonchev–Trinajstić information content (AvgIpc) is 3.29. The summed E-state index contributed by atoms with van der Waals surface area (Å²) in [6.45, 7) is 6.40. The number of rotatable bonds is 6. The fourth-order valence-electron chi connectivity index (χ4n) is 3.30. The number of thiophene rings is 1. The first-order chi connectivity index (χ1) is 13.0. The molecule has 1 aromatic carbocycles. The minimum atomic E-state index is -0.457. The average molecular weight is 389 g/mol. The first-order valence-corrected chi connectivity index (χ1v) is 10.00. The number of hydrogen-bond acceptors (Lipinski definition) is 4. The molecule has 1 atom stereocenters. The lowest BCUT2D eigenvalue weighted by Gasteiger charge is -2.28. The van der Waals surface area contributed by atoms with Gasteiger partial charge >= 0.3 is 0 Å². The number of aryl methyl sites for hydroxylation is 1. The molecule has 0 aliphatic carbocycles. The van der Waals surface area contributed by atoms with Crippen molar-refractivity contribution >= 4 is 28.2 Å². The van der Waals surface area contributed by atoms with Crippen LogP contribution in [0.25, 0.3) is 0 Å². The van der Waals surface area contributed by atoms with E-state index in [9.17, 15) is 14.0 Å². The number of nitrogens with one attached hydrogen (secondary N) is 2. The molecule has 1 aliphatic heterocycles. The molecular weight excluding hydrogens is 365 g/mol. The van der Waals surface area contributed by atoms with Gasteiger partial charge in [0.1, 0.15) is 5.82 Å². The van der Waals surface area contributed by atoms with Crippen molar-refractivity contribution in [1.82, 2.24) is 10.2 Å². The van der Waals surface area contributed by atoms with Gasteiger partial charge in [-0.2, -0.15) is 0 Å². The highest BCUT2D eigenvalue weighted by molar-refractivity contribution is 7.18. The maximum atomic E-state index is 13.3. The van der Waals surface area contributed by atoms with Crippen molar-refractivity contribution in [2.24, 2.45) is 0 Å². The molecule has 2 N–H and O–H groups in total. The minimum Gasteiger partial charge on any atom is -0.334 e. The number of nitrogens with zero attached hydrogens (tertiary/aromatic N) is 1. The number of benzene rings is 1. The lowest BCUT2D eigenvalue weighted by atomic mass is 10.1. The van der Waals surface area contributed by atoms with Crippen molar-refractivity contribution in [2.75, 3.05) is 25.0 Å². The Morgan fingerprint density at radius 2 is 2.19 bits per heavy atom. The zero-order valence-electron chi connectivity index (χ0n) is 15.5. The molecular formula is C20H24FN3O2S. The summed E-state index contributed by atoms with van der Waals surface area (Å²) in [4.78, 5) is 28.0. The van der Waals surface area contributed by atoms with Crippen LogP contribution in [-0.2, 0) is 0 Å². The van der Waals surface area contributed by atoms with Gasteiger partial charge < -0.3 is 15.5 Å². The van der Waals surface area contributed by atoms with Crippen LogP contribution in [0.2, 0.25) is 0 Å². The third kappa shape index (κ3) is 4.54. The van der Waals surface area contributed by atoms with Gasteiger partial charge in [-0.1, -0.05) is 13.0 Å². The predicted octanol–water partition coefficient (Wildman–Crippen LogP) is 3.66. The smallest absolute Gasteiger partial charge is 0.264 e. The van der Waals surface area contributed by atoms with E-state index in [1.54, 1.807) is 12.1 Å². The van der Waals surface area contributed by atoms with Crippen molar-refractivity contribution in [3.05, 3.63) is 52.2 Å². The largest absolute Gasteiger partial charge is 0.334 e. The summed E-state index contributed by atoms with van der Waals surface area (Å²) < 4.78 is 13.3. The van der Waals surface area contributed by atoms with Crippen LogP contribution in [0.15, 0.2) is 30.3 Å². The van der Waals surface area contributed by atoms with Gasteiger partial charge in [0.25, 0.3) is 11.8 Å². The number of carbonyl (C=O) groups is 2. The number of carbonyl (C=O) groups excluding carboxylic acids is 2. The summed E-state index contributed by atoms with van der Waals surface area (Å²) in [5, 5.41) is 6.67. The molecule has 2 aromatic rings. The molecule has 3 rings (SSSR count). The van der Waals surface area contributed by atoms with Gasteiger partial charge in [0.15, 0.2) is 0 Å². The Bertz CT molecular complexity index is 830. The molecule has 5 nitrogen and oxygen atoms in total. The second-order valence-electron chi connectivity index (χ2n) is 6.73. The Morgan fingerprint density at radius 3 is 2.85 bits per heavy atom. The fraction of sp³-hybridized carbons (Fsp3) is 0.400. The molecule has 2 heterocycles. The highest BCUT2D eigenvalue weighted by Gasteiger charge is 2.28. The van der Waals surface area contributed by atoms with Crippen LogP contribution >= 0.6 is 11.3 Å². The zero-order chi connectivity index (χ0) is 19.4. The highest BCUT2D eigenvalue weighted by atomic mass is 32.1. The monoisotopic (exact) mass is 389 g/mol. The van der Waals surface area contributed by atoms with E-state index in [0.717, 1.165) is 31.5 Å². The third-order valence-corrected chi connectivity index (χ3v) is 5.78. The Kier molecular flexibility index (Phi) is 6.23. The van der Waals surface area contributed by atoms with Crippen LogP contribution in [0, 0.1) is 12.7 Å². The van der Waals surface area contributed by atoms with Crippen molar-refractivity contribution < 1.29 is 14.0 Å². The van der Waals surface area contributed by atoms with Crippen molar-refractivity contribution in [3.63, 3.8) is 0 Å². The minimum absolute atomic E-state index is 0.0132. The van der Waals surface area contributed by atoms with E-state index < -0.39 is 5.82 Å². The van der Waals surface area contributed by atoms with E-state index in [0.29, 0.717) is 16.4 Å². The Labute approximate surface area is 162 Å². The summed E-state index contributed by atoms with van der Waals surface area (Å²) in [5.41, 5.74) is 1.09. The first kappa shape index (κ1) is 19.5. The molecule has 144 valence electrons. The van der Waals surface area contributed by atoms with E-state index >= 15 is 0 Å². The lowest BCUT2D eigenvalue weighted by Crippen LogP contribution is -2.42. The van der Waals surface area contributed by atoms with Crippen LogP contribution in [0.5, 0.6) is 0 Å². The van der Waals surface area contributed by atoms with E-state index in [1.807, 2.05) is 11.8 Å². The molecule has 1 fully saturated rings. The molecule has 0 bridgehead atoms. The third-order valence-electron chi connectivity index (χ3n) is 4.64. The second-order valence-corrected chi connectivity index (χ2v) is 7.78. The Balaban J connectivity index is 1.76. The normalized spacial score (nSPS) is 16.3. The molecule has 27 heavy (non-hydrogen) atoms. The maximum Gasteiger partial charge on any atom is 0.264 e. The molecule has 1 saturated heterocycles. The lowest BCUT2D eigenvalue weighted by molar-refractivity contribution is 0.0696. The molecule has 0 radical (unpaired) electrons. The summed E-state index contributed by atoms with van der Waals surface area (Å²) >= 11 is 1.27. The van der Waals surface area contributed by atoms with E-state index in [1.165, 1.54) is 29.5 Å². The van der Waals surface area contributed by atoms with Crippen LogP contribution in [-0.4, -0.2) is 42.4 Å². The number of anilines is 1. The second kappa shape index (κ2) is 8.63. The van der Waals surface area contributed by atoms with Crippen molar-refractivity contribution in [3.8, 4) is 0 Å². The van der Waals surface area contributed by atoms with Gasteiger partial charge in [0, 0.05) is 24.7 Å². The molecule has 1 unspecified atom stereocenters. The van der Waals surface area contributed by atoms with Crippen LogP contribution in [0.4, 0.5) is 9.39 Å². The van der Waals surface area contributed by atoms with Gasteiger partial charge in [0.2, 0.25) is 0 Å². The summed E-state index contributed by atoms with van der Waals surface area (Å²) in [7, 11) is 0. The van der Waals surface area contributed by atoms with Crippen LogP contribution in [0.1, 0.15) is 45.4 Å². The van der Waals surface area contributed by atoms with Gasteiger partial charge in [-0.15, -0.1) is 11.3 Å². The van der Waals surface area contributed by atoms with Gasteiger partial charge in [-0.25, -0.2) is 4.39 Å². The molecule has 7 heteroatoms. The molecule has 1 aromatic heterocycles.